The van der Waals surface area contributed by atoms with E-state index in [1.54, 1.807) is 0 Å². The number of hydrogen-bond donors (Lipinski definition) is 3. The predicted molar refractivity (Wildman–Crippen MR) is 43.5 cm³/mol. The molecule has 4 heteroatoms. The van der Waals surface area contributed by atoms with E-state index in [0.29, 0.717) is 0 Å². The largest absolute Gasteiger partial charge is 0.394 e. The van der Waals surface area contributed by atoms with Crippen LogP contribution in [0.4, 0.5) is 0 Å². The average molecular weight is 174 g/mol. The van der Waals surface area contributed by atoms with E-state index in [9.17, 15) is 9.90 Å². The smallest absolute Gasteiger partial charge is 0.164 e. The molecular formula is C8H14O4. The quantitative estimate of drug-likeness (QED) is 0.478. The van der Waals surface area contributed by atoms with E-state index in [-0.39, 0.29) is 6.42 Å². The molecule has 0 spiro atoms. The van der Waals surface area contributed by atoms with Gasteiger partial charge in [0.25, 0.3) is 0 Å². The van der Waals surface area contributed by atoms with E-state index in [2.05, 4.69) is 6.58 Å². The molecular weight excluding hydrogens is 160 g/mol. The van der Waals surface area contributed by atoms with Gasteiger partial charge in [-0.05, 0) is 6.92 Å². The highest BCUT2D eigenvalue weighted by Gasteiger charge is 2.38. The van der Waals surface area contributed by atoms with Gasteiger partial charge in [0.1, 0.15) is 6.10 Å². The molecule has 0 heterocycles. The number of aliphatic hydroxyl groups excluding tert-OH is 2. The summed E-state index contributed by atoms with van der Waals surface area (Å²) in [6.07, 6.45) is -0.197. The highest BCUT2D eigenvalue weighted by molar-refractivity contribution is 5.85. The molecule has 0 aliphatic rings. The number of carbonyl (C=O) groups excluding carboxylic acids is 1. The Hall–Kier alpha value is -0.710. The fourth-order valence-corrected chi connectivity index (χ4v) is 0.885. The van der Waals surface area contributed by atoms with Gasteiger partial charge < -0.3 is 15.3 Å². The normalized spacial score (nSPS) is 18.0. The zero-order valence-electron chi connectivity index (χ0n) is 7.03. The Morgan fingerprint density at radius 1 is 1.75 bits per heavy atom. The molecule has 0 saturated carbocycles. The molecule has 0 bridgehead atoms. The summed E-state index contributed by atoms with van der Waals surface area (Å²) in [7, 11) is 0. The SMILES string of the molecule is C=CCC(O)(C(C)=O)C(O)CO. The zero-order valence-corrected chi connectivity index (χ0v) is 7.03. The number of carbonyl (C=O) groups is 1. The maximum atomic E-state index is 10.9. The van der Waals surface area contributed by atoms with Crippen LogP contribution in [0.1, 0.15) is 13.3 Å². The second-order valence-electron chi connectivity index (χ2n) is 2.67. The lowest BCUT2D eigenvalue weighted by Gasteiger charge is -2.27. The van der Waals surface area contributed by atoms with E-state index in [4.69, 9.17) is 10.2 Å². The Kier molecular flexibility index (Phi) is 4.09. The van der Waals surface area contributed by atoms with Gasteiger partial charge in [-0.2, -0.15) is 0 Å². The second-order valence-corrected chi connectivity index (χ2v) is 2.67. The summed E-state index contributed by atoms with van der Waals surface area (Å²) >= 11 is 0. The maximum Gasteiger partial charge on any atom is 0.164 e. The molecule has 3 N–H and O–H groups in total. The maximum absolute atomic E-state index is 10.9. The molecule has 2 atom stereocenters. The fraction of sp³-hybridized carbons (Fsp3) is 0.625. The second kappa shape index (κ2) is 4.35. The van der Waals surface area contributed by atoms with Crippen LogP contribution in [-0.2, 0) is 4.79 Å². The van der Waals surface area contributed by atoms with Crippen LogP contribution >= 0.6 is 0 Å². The standard InChI is InChI=1S/C8H14O4/c1-3-4-8(12,6(2)10)7(11)5-9/h3,7,9,11-12H,1,4-5H2,2H3. The molecule has 0 radical (unpaired) electrons. The summed E-state index contributed by atoms with van der Waals surface area (Å²) in [5.74, 6) is -0.580. The predicted octanol–water partition coefficient (Wildman–Crippen LogP) is -0.764. The number of hydrogen-bond acceptors (Lipinski definition) is 4. The molecule has 0 aromatic heterocycles. The van der Waals surface area contributed by atoms with Crippen molar-refractivity contribution < 1.29 is 20.1 Å². The average Bonchev–Trinajstić information content (AvgIpc) is 2.03. The van der Waals surface area contributed by atoms with Crippen molar-refractivity contribution in [1.29, 1.82) is 0 Å². The third-order valence-corrected chi connectivity index (χ3v) is 1.79. The Labute approximate surface area is 71.1 Å². The fourth-order valence-electron chi connectivity index (χ4n) is 0.885. The first kappa shape index (κ1) is 11.3. The van der Waals surface area contributed by atoms with Gasteiger partial charge in [0.15, 0.2) is 11.4 Å². The van der Waals surface area contributed by atoms with Crippen molar-refractivity contribution in [3.8, 4) is 0 Å². The molecule has 4 nitrogen and oxygen atoms in total. The van der Waals surface area contributed by atoms with Crippen molar-refractivity contribution in [2.24, 2.45) is 0 Å². The molecule has 0 fully saturated rings. The molecule has 2 unspecified atom stereocenters. The summed E-state index contributed by atoms with van der Waals surface area (Å²) < 4.78 is 0. The van der Waals surface area contributed by atoms with Crippen molar-refractivity contribution >= 4 is 5.78 Å². The van der Waals surface area contributed by atoms with Crippen molar-refractivity contribution in [2.75, 3.05) is 6.61 Å². The van der Waals surface area contributed by atoms with Gasteiger partial charge in [-0.3, -0.25) is 4.79 Å². The third kappa shape index (κ3) is 2.14. The first-order valence-corrected chi connectivity index (χ1v) is 3.62. The van der Waals surface area contributed by atoms with Gasteiger partial charge in [-0.1, -0.05) is 6.08 Å². The summed E-state index contributed by atoms with van der Waals surface area (Å²) in [6.45, 7) is 3.85. The van der Waals surface area contributed by atoms with E-state index in [0.717, 1.165) is 6.92 Å². The minimum absolute atomic E-state index is 0.0654. The van der Waals surface area contributed by atoms with Crippen LogP contribution in [0, 0.1) is 0 Å². The minimum atomic E-state index is -1.89. The number of rotatable bonds is 5. The van der Waals surface area contributed by atoms with Crippen molar-refractivity contribution in [1.82, 2.24) is 0 Å². The van der Waals surface area contributed by atoms with Crippen LogP contribution in [0.3, 0.4) is 0 Å². The number of Topliss-reactive ketones (excluding diaryl/α,β-unsaturated/α-hetero) is 1. The van der Waals surface area contributed by atoms with Gasteiger partial charge in [0, 0.05) is 6.42 Å². The molecule has 0 rings (SSSR count). The van der Waals surface area contributed by atoms with Gasteiger partial charge in [-0.15, -0.1) is 6.58 Å². The van der Waals surface area contributed by atoms with Gasteiger partial charge in [0.2, 0.25) is 0 Å². The summed E-state index contributed by atoms with van der Waals surface area (Å²) in [4.78, 5) is 10.9. The molecule has 0 aromatic carbocycles. The van der Waals surface area contributed by atoms with Crippen LogP contribution in [0.25, 0.3) is 0 Å². The van der Waals surface area contributed by atoms with E-state index >= 15 is 0 Å². The van der Waals surface area contributed by atoms with Crippen LogP contribution in [0.15, 0.2) is 12.7 Å². The lowest BCUT2D eigenvalue weighted by molar-refractivity contribution is -0.151. The first-order valence-electron chi connectivity index (χ1n) is 3.62. The van der Waals surface area contributed by atoms with Crippen molar-refractivity contribution in [3.05, 3.63) is 12.7 Å². The monoisotopic (exact) mass is 174 g/mol. The van der Waals surface area contributed by atoms with Gasteiger partial charge in [0.05, 0.1) is 6.61 Å². The first-order chi connectivity index (χ1) is 5.49. The molecule has 0 aliphatic carbocycles. The van der Waals surface area contributed by atoms with Gasteiger partial charge in [-0.25, -0.2) is 0 Å². The number of aliphatic hydroxyl groups is 3. The molecule has 0 aromatic rings. The minimum Gasteiger partial charge on any atom is -0.394 e. The molecule has 12 heavy (non-hydrogen) atoms. The Morgan fingerprint density at radius 3 is 2.50 bits per heavy atom. The summed E-state index contributed by atoms with van der Waals surface area (Å²) in [6, 6.07) is 0. The lowest BCUT2D eigenvalue weighted by Crippen LogP contribution is -2.49. The Balaban J connectivity index is 4.59. The van der Waals surface area contributed by atoms with E-state index in [1.165, 1.54) is 6.08 Å². The Morgan fingerprint density at radius 2 is 2.25 bits per heavy atom. The van der Waals surface area contributed by atoms with Crippen molar-refractivity contribution in [3.63, 3.8) is 0 Å². The highest BCUT2D eigenvalue weighted by Crippen LogP contribution is 2.17. The van der Waals surface area contributed by atoms with Gasteiger partial charge >= 0.3 is 0 Å². The molecule has 0 saturated heterocycles. The molecule has 0 amide bonds. The van der Waals surface area contributed by atoms with Crippen molar-refractivity contribution in [2.45, 2.75) is 25.0 Å². The third-order valence-electron chi connectivity index (χ3n) is 1.79. The van der Waals surface area contributed by atoms with Crippen LogP contribution in [0.2, 0.25) is 0 Å². The topological polar surface area (TPSA) is 77.8 Å². The lowest BCUT2D eigenvalue weighted by atomic mass is 9.89. The Bertz CT molecular complexity index is 178. The van der Waals surface area contributed by atoms with E-state index in [1.807, 2.05) is 0 Å². The molecule has 0 aliphatic heterocycles. The van der Waals surface area contributed by atoms with E-state index < -0.39 is 24.1 Å². The van der Waals surface area contributed by atoms with Crippen LogP contribution in [-0.4, -0.2) is 39.4 Å². The summed E-state index contributed by atoms with van der Waals surface area (Å²) in [5, 5.41) is 27.2. The van der Waals surface area contributed by atoms with Crippen LogP contribution < -0.4 is 0 Å². The highest BCUT2D eigenvalue weighted by atomic mass is 16.4. The summed E-state index contributed by atoms with van der Waals surface area (Å²) in [5.41, 5.74) is -1.89. The number of ketones is 1. The zero-order chi connectivity index (χ0) is 9.78. The molecule has 70 valence electrons. The van der Waals surface area contributed by atoms with Crippen LogP contribution in [0.5, 0.6) is 0 Å².